The van der Waals surface area contributed by atoms with Gasteiger partial charge in [-0.25, -0.2) is 4.68 Å². The van der Waals surface area contributed by atoms with Gasteiger partial charge in [-0.05, 0) is 44.4 Å². The molecule has 1 aromatic carbocycles. The second-order valence-electron chi connectivity index (χ2n) is 5.75. The predicted molar refractivity (Wildman–Crippen MR) is 86.2 cm³/mol. The van der Waals surface area contributed by atoms with Gasteiger partial charge in [-0.2, -0.15) is 5.10 Å². The zero-order valence-corrected chi connectivity index (χ0v) is 13.3. The van der Waals surface area contributed by atoms with Crippen molar-refractivity contribution in [3.63, 3.8) is 0 Å². The van der Waals surface area contributed by atoms with Crippen LogP contribution in [0.5, 0.6) is 0 Å². The first kappa shape index (κ1) is 16.2. The van der Waals surface area contributed by atoms with Gasteiger partial charge in [-0.15, -0.1) is 0 Å². The molecule has 118 valence electrons. The van der Waals surface area contributed by atoms with Crippen molar-refractivity contribution >= 4 is 5.91 Å². The van der Waals surface area contributed by atoms with Gasteiger partial charge < -0.3 is 10.4 Å². The molecule has 2 aromatic rings. The number of carbonyl (C=O) groups is 1. The zero-order valence-electron chi connectivity index (χ0n) is 13.3. The van der Waals surface area contributed by atoms with Crippen LogP contribution in [0.2, 0.25) is 0 Å². The van der Waals surface area contributed by atoms with Crippen molar-refractivity contribution in [3.8, 4) is 5.69 Å². The first-order chi connectivity index (χ1) is 10.5. The Morgan fingerprint density at radius 3 is 2.64 bits per heavy atom. The fourth-order valence-electron chi connectivity index (χ4n) is 2.21. The molecular weight excluding hydrogens is 278 g/mol. The minimum atomic E-state index is -0.182. The Morgan fingerprint density at radius 1 is 1.32 bits per heavy atom. The molecule has 0 aliphatic rings. The molecular formula is C17H23N3O2. The molecule has 0 saturated heterocycles. The maximum absolute atomic E-state index is 12.2. The lowest BCUT2D eigenvalue weighted by Crippen LogP contribution is -2.29. The van der Waals surface area contributed by atoms with Gasteiger partial charge >= 0.3 is 0 Å². The summed E-state index contributed by atoms with van der Waals surface area (Å²) in [4.78, 5) is 12.2. The first-order valence-electron chi connectivity index (χ1n) is 7.54. The molecule has 1 amide bonds. The number of hydrogen-bond donors (Lipinski definition) is 2. The van der Waals surface area contributed by atoms with E-state index in [4.69, 9.17) is 5.11 Å². The average molecular weight is 301 g/mol. The highest BCUT2D eigenvalue weighted by Gasteiger charge is 2.14. The quantitative estimate of drug-likeness (QED) is 0.860. The Bertz CT molecular complexity index is 632. The van der Waals surface area contributed by atoms with Crippen molar-refractivity contribution in [2.75, 3.05) is 13.2 Å². The molecule has 0 fully saturated rings. The third-order valence-corrected chi connectivity index (χ3v) is 3.63. The molecule has 1 atom stereocenters. The van der Waals surface area contributed by atoms with E-state index in [2.05, 4.69) is 10.4 Å². The van der Waals surface area contributed by atoms with E-state index in [1.807, 2.05) is 45.0 Å². The Kier molecular flexibility index (Phi) is 5.33. The number of rotatable bonds is 6. The van der Waals surface area contributed by atoms with Crippen molar-refractivity contribution < 1.29 is 9.90 Å². The molecule has 0 bridgehead atoms. The molecule has 0 radical (unpaired) electrons. The van der Waals surface area contributed by atoms with Gasteiger partial charge in [0.25, 0.3) is 5.91 Å². The van der Waals surface area contributed by atoms with Gasteiger partial charge in [-0.3, -0.25) is 4.79 Å². The van der Waals surface area contributed by atoms with Gasteiger partial charge in [0.2, 0.25) is 0 Å². The largest absolute Gasteiger partial charge is 0.396 e. The predicted octanol–water partition coefficient (Wildman–Crippen LogP) is 2.24. The minimum Gasteiger partial charge on any atom is -0.396 e. The van der Waals surface area contributed by atoms with Crippen LogP contribution < -0.4 is 5.32 Å². The summed E-state index contributed by atoms with van der Waals surface area (Å²) in [7, 11) is 0. The molecule has 0 aliphatic carbocycles. The highest BCUT2D eigenvalue weighted by Crippen LogP contribution is 2.13. The maximum atomic E-state index is 12.2. The Labute approximate surface area is 131 Å². The number of aromatic nitrogens is 2. The van der Waals surface area contributed by atoms with Gasteiger partial charge in [0.05, 0.1) is 5.69 Å². The summed E-state index contributed by atoms with van der Waals surface area (Å²) in [5.74, 6) is 0.0629. The van der Waals surface area contributed by atoms with Crippen LogP contribution in [0.3, 0.4) is 0 Å². The lowest BCUT2D eigenvalue weighted by molar-refractivity contribution is 0.0940. The van der Waals surface area contributed by atoms with Crippen molar-refractivity contribution in [3.05, 3.63) is 47.3 Å². The van der Waals surface area contributed by atoms with Gasteiger partial charge in [-0.1, -0.05) is 24.6 Å². The molecule has 0 aliphatic heterocycles. The van der Waals surface area contributed by atoms with Crippen LogP contribution in [0, 0.1) is 19.8 Å². The molecule has 5 heteroatoms. The summed E-state index contributed by atoms with van der Waals surface area (Å²) in [6.07, 6.45) is 0.678. The van der Waals surface area contributed by atoms with Crippen molar-refractivity contribution in [2.45, 2.75) is 27.2 Å². The van der Waals surface area contributed by atoms with Crippen LogP contribution in [-0.2, 0) is 0 Å². The normalized spacial score (nSPS) is 12.2. The molecule has 22 heavy (non-hydrogen) atoms. The SMILES string of the molecule is Cc1ccc(-n2nc(C(=O)NCC(C)CCO)cc2C)cc1. The third kappa shape index (κ3) is 3.95. The number of aliphatic hydroxyl groups excluding tert-OH is 1. The van der Waals surface area contributed by atoms with Crippen molar-refractivity contribution in [1.82, 2.24) is 15.1 Å². The van der Waals surface area contributed by atoms with E-state index in [1.165, 1.54) is 5.56 Å². The van der Waals surface area contributed by atoms with E-state index in [-0.39, 0.29) is 18.4 Å². The molecule has 1 unspecified atom stereocenters. The summed E-state index contributed by atoms with van der Waals surface area (Å²) in [5.41, 5.74) is 3.45. The molecule has 5 nitrogen and oxygen atoms in total. The fourth-order valence-corrected chi connectivity index (χ4v) is 2.21. The monoisotopic (exact) mass is 301 g/mol. The van der Waals surface area contributed by atoms with Gasteiger partial charge in [0.15, 0.2) is 5.69 Å². The van der Waals surface area contributed by atoms with Crippen LogP contribution in [0.1, 0.15) is 35.1 Å². The number of nitrogens with zero attached hydrogens (tertiary/aromatic N) is 2. The molecule has 1 aromatic heterocycles. The Balaban J connectivity index is 2.09. The molecule has 2 N–H and O–H groups in total. The van der Waals surface area contributed by atoms with Crippen LogP contribution in [0.25, 0.3) is 5.69 Å². The minimum absolute atomic E-state index is 0.137. The summed E-state index contributed by atoms with van der Waals surface area (Å²) >= 11 is 0. The number of hydrogen-bond acceptors (Lipinski definition) is 3. The van der Waals surface area contributed by atoms with E-state index in [0.717, 1.165) is 11.4 Å². The smallest absolute Gasteiger partial charge is 0.271 e. The number of amides is 1. The van der Waals surface area contributed by atoms with E-state index in [0.29, 0.717) is 18.7 Å². The average Bonchev–Trinajstić information content (AvgIpc) is 2.88. The van der Waals surface area contributed by atoms with Crippen LogP contribution in [0.15, 0.2) is 30.3 Å². The molecule has 2 rings (SSSR count). The first-order valence-corrected chi connectivity index (χ1v) is 7.54. The molecule has 0 spiro atoms. The van der Waals surface area contributed by atoms with E-state index in [9.17, 15) is 4.79 Å². The third-order valence-electron chi connectivity index (χ3n) is 3.63. The number of aliphatic hydroxyl groups is 1. The van der Waals surface area contributed by atoms with Gasteiger partial charge in [0, 0.05) is 18.8 Å². The van der Waals surface area contributed by atoms with Crippen LogP contribution in [0.4, 0.5) is 0 Å². The summed E-state index contributed by atoms with van der Waals surface area (Å²) < 4.78 is 1.77. The zero-order chi connectivity index (χ0) is 16.1. The highest BCUT2D eigenvalue weighted by molar-refractivity contribution is 5.92. The Hall–Kier alpha value is -2.14. The van der Waals surface area contributed by atoms with Gasteiger partial charge in [0.1, 0.15) is 0 Å². The Morgan fingerprint density at radius 2 is 2.00 bits per heavy atom. The standard InChI is InChI=1S/C17H23N3O2/c1-12-4-6-15(7-5-12)20-14(3)10-16(19-20)17(22)18-11-13(2)8-9-21/h4-7,10,13,21H,8-9,11H2,1-3H3,(H,18,22). The molecule has 0 saturated carbocycles. The fraction of sp³-hybridized carbons (Fsp3) is 0.412. The second-order valence-corrected chi connectivity index (χ2v) is 5.75. The molecule has 1 heterocycles. The summed E-state index contributed by atoms with van der Waals surface area (Å²) in [6, 6.07) is 9.80. The van der Waals surface area contributed by atoms with Crippen LogP contribution in [-0.4, -0.2) is 33.9 Å². The summed E-state index contributed by atoms with van der Waals surface area (Å²) in [6.45, 7) is 6.63. The summed E-state index contributed by atoms with van der Waals surface area (Å²) in [5, 5.41) is 16.1. The number of aryl methyl sites for hydroxylation is 2. The lowest BCUT2D eigenvalue weighted by Gasteiger charge is -2.09. The van der Waals surface area contributed by atoms with E-state index >= 15 is 0 Å². The van der Waals surface area contributed by atoms with Crippen LogP contribution >= 0.6 is 0 Å². The lowest BCUT2D eigenvalue weighted by atomic mass is 10.1. The number of nitrogens with one attached hydrogen (secondary N) is 1. The topological polar surface area (TPSA) is 67.2 Å². The second kappa shape index (κ2) is 7.22. The number of carbonyl (C=O) groups excluding carboxylic acids is 1. The van der Waals surface area contributed by atoms with E-state index < -0.39 is 0 Å². The highest BCUT2D eigenvalue weighted by atomic mass is 16.3. The van der Waals surface area contributed by atoms with Crippen molar-refractivity contribution in [2.24, 2.45) is 5.92 Å². The van der Waals surface area contributed by atoms with E-state index in [1.54, 1.807) is 10.7 Å². The maximum Gasteiger partial charge on any atom is 0.271 e. The van der Waals surface area contributed by atoms with Crippen molar-refractivity contribution in [1.29, 1.82) is 0 Å². The number of benzene rings is 1.